The largest absolute Gasteiger partial charge is 0.465 e. The molecule has 5 aromatic rings. The molecule has 0 saturated carbocycles. The van der Waals surface area contributed by atoms with Crippen LogP contribution in [-0.2, 0) is 36.7 Å². The van der Waals surface area contributed by atoms with E-state index in [-0.39, 0.29) is 37.0 Å². The average Bonchev–Trinajstić information content (AvgIpc) is 4.09. The molecule has 0 amide bonds. The SMILES string of the molecule is CCOP(=O)(OCC)c1c2nc(c(-c3ccc(C(=O)OC)cc3)c3ccc([nH]3)c(P(=O)(OCC)OCC)c3nc(c(-c4ccc(C(=O)OC)cc4)c4ccc1[nH]4)C=C3)C=C2. The van der Waals surface area contributed by atoms with Gasteiger partial charge in [-0.1, -0.05) is 24.3 Å². The zero-order valence-electron chi connectivity index (χ0n) is 33.9. The minimum Gasteiger partial charge on any atom is -0.465 e. The van der Waals surface area contributed by atoms with Crippen molar-refractivity contribution in [1.82, 2.24) is 19.9 Å². The van der Waals surface area contributed by atoms with Crippen molar-refractivity contribution in [2.75, 3.05) is 40.6 Å². The van der Waals surface area contributed by atoms with E-state index in [1.807, 2.05) is 12.1 Å². The molecule has 7 rings (SSSR count). The summed E-state index contributed by atoms with van der Waals surface area (Å²) < 4.78 is 63.5. The number of aromatic nitrogens is 4. The molecule has 2 aromatic carbocycles. The van der Waals surface area contributed by atoms with E-state index >= 15 is 0 Å². The van der Waals surface area contributed by atoms with Gasteiger partial charge < -0.3 is 37.5 Å². The molecule has 0 saturated heterocycles. The van der Waals surface area contributed by atoms with Crippen LogP contribution in [0.1, 0.15) is 71.2 Å². The summed E-state index contributed by atoms with van der Waals surface area (Å²) in [5.74, 6) is -0.982. The summed E-state index contributed by atoms with van der Waals surface area (Å²) in [4.78, 5) is 41.9. The Kier molecular flexibility index (Phi) is 12.6. The van der Waals surface area contributed by atoms with Gasteiger partial charge in [0.25, 0.3) is 0 Å². The molecule has 0 aliphatic carbocycles. The summed E-state index contributed by atoms with van der Waals surface area (Å²) in [6.45, 7) is 7.32. The van der Waals surface area contributed by atoms with E-state index in [0.29, 0.717) is 78.2 Å². The van der Waals surface area contributed by atoms with E-state index in [2.05, 4.69) is 9.97 Å². The topological polar surface area (TPSA) is 181 Å². The van der Waals surface area contributed by atoms with Gasteiger partial charge in [-0.2, -0.15) is 0 Å². The Hall–Kier alpha value is -5.72. The lowest BCUT2D eigenvalue weighted by Gasteiger charge is -2.18. The fourth-order valence-corrected chi connectivity index (χ4v) is 10.8. The van der Waals surface area contributed by atoms with Crippen molar-refractivity contribution in [2.24, 2.45) is 0 Å². The van der Waals surface area contributed by atoms with Gasteiger partial charge >= 0.3 is 27.1 Å². The quantitative estimate of drug-likeness (QED) is 0.0783. The van der Waals surface area contributed by atoms with Crippen LogP contribution in [0.5, 0.6) is 0 Å². The Morgan fingerprint density at radius 1 is 0.483 bits per heavy atom. The van der Waals surface area contributed by atoms with Gasteiger partial charge in [-0.25, -0.2) is 19.6 Å². The highest BCUT2D eigenvalue weighted by atomic mass is 31.2. The predicted octanol–water partition coefficient (Wildman–Crippen LogP) is 9.35. The second-order valence-electron chi connectivity index (χ2n) is 13.3. The number of esters is 2. The molecule has 310 valence electrons. The lowest BCUT2D eigenvalue weighted by molar-refractivity contribution is 0.0592. The Morgan fingerprint density at radius 3 is 1.12 bits per heavy atom. The molecule has 8 bridgehead atoms. The van der Waals surface area contributed by atoms with Crippen molar-refractivity contribution in [3.63, 3.8) is 0 Å². The number of carbonyl (C=O) groups is 2. The highest BCUT2D eigenvalue weighted by Crippen LogP contribution is 2.51. The number of carbonyl (C=O) groups excluding carboxylic acids is 2. The van der Waals surface area contributed by atoms with E-state index in [1.165, 1.54) is 14.2 Å². The van der Waals surface area contributed by atoms with E-state index in [0.717, 1.165) is 0 Å². The lowest BCUT2D eigenvalue weighted by atomic mass is 10.0. The van der Waals surface area contributed by atoms with Crippen LogP contribution < -0.4 is 10.6 Å². The Morgan fingerprint density at radius 2 is 0.800 bits per heavy atom. The summed E-state index contributed by atoms with van der Waals surface area (Å²) in [5, 5.41) is 0.426. The summed E-state index contributed by atoms with van der Waals surface area (Å²) in [5.41, 5.74) is 6.84. The Labute approximate surface area is 346 Å². The molecular formula is C44H44N4O10P2. The maximum absolute atomic E-state index is 14.9. The fraction of sp³-hybridized carbons (Fsp3) is 0.227. The molecule has 60 heavy (non-hydrogen) atoms. The van der Waals surface area contributed by atoms with Crippen LogP contribution in [0.2, 0.25) is 0 Å². The first kappa shape index (κ1) is 42.4. The highest BCUT2D eigenvalue weighted by molar-refractivity contribution is 7.63. The molecule has 0 atom stereocenters. The van der Waals surface area contributed by atoms with Gasteiger partial charge in [0.2, 0.25) is 0 Å². The van der Waals surface area contributed by atoms with E-state index in [4.69, 9.17) is 37.5 Å². The van der Waals surface area contributed by atoms with Crippen molar-refractivity contribution in [3.8, 4) is 22.3 Å². The van der Waals surface area contributed by atoms with Gasteiger partial charge in [0.05, 0.1) is 85.6 Å². The van der Waals surface area contributed by atoms with Crippen molar-refractivity contribution in [2.45, 2.75) is 27.7 Å². The van der Waals surface area contributed by atoms with Crippen LogP contribution in [0.3, 0.4) is 0 Å². The Bertz CT molecular complexity index is 2580. The number of methoxy groups -OCH3 is 2. The number of nitrogens with zero attached hydrogens (tertiary/aromatic N) is 2. The van der Waals surface area contributed by atoms with E-state index < -0.39 is 27.1 Å². The molecule has 2 aliphatic rings. The van der Waals surface area contributed by atoms with E-state index in [1.54, 1.807) is 113 Å². The predicted molar refractivity (Wildman–Crippen MR) is 233 cm³/mol. The van der Waals surface area contributed by atoms with Gasteiger partial charge in [0.15, 0.2) is 0 Å². The number of rotatable bonds is 14. The lowest BCUT2D eigenvalue weighted by Crippen LogP contribution is -2.15. The number of ether oxygens (including phenoxy) is 2. The van der Waals surface area contributed by atoms with Crippen molar-refractivity contribution >= 4 is 84.1 Å². The second kappa shape index (κ2) is 17.9. The zero-order valence-corrected chi connectivity index (χ0v) is 35.7. The van der Waals surface area contributed by atoms with Crippen LogP contribution in [0.15, 0.2) is 72.8 Å². The smallest absolute Gasteiger partial charge is 0.365 e. The maximum atomic E-state index is 14.9. The highest BCUT2D eigenvalue weighted by Gasteiger charge is 2.35. The molecule has 0 radical (unpaired) electrons. The Balaban J connectivity index is 1.68. The first-order valence-corrected chi connectivity index (χ1v) is 22.4. The minimum atomic E-state index is -4.04. The monoisotopic (exact) mass is 850 g/mol. The first-order valence-electron chi connectivity index (χ1n) is 19.3. The van der Waals surface area contributed by atoms with Gasteiger partial charge in [0.1, 0.15) is 10.6 Å². The average molecular weight is 851 g/mol. The number of nitrogens with one attached hydrogen (secondary N) is 2. The molecule has 0 spiro atoms. The number of benzene rings is 2. The van der Waals surface area contributed by atoms with Crippen LogP contribution in [-0.4, -0.2) is 72.5 Å². The molecular weight excluding hydrogens is 806 g/mol. The third-order valence-corrected chi connectivity index (χ3v) is 14.1. The maximum Gasteiger partial charge on any atom is 0.365 e. The number of aromatic amines is 2. The number of hydrogen-bond acceptors (Lipinski definition) is 12. The van der Waals surface area contributed by atoms with Gasteiger partial charge in [-0.3, -0.25) is 9.13 Å². The third kappa shape index (κ3) is 8.10. The first-order chi connectivity index (χ1) is 29.0. The number of H-pyrrole nitrogens is 2. The third-order valence-electron chi connectivity index (χ3n) is 9.63. The zero-order chi connectivity index (χ0) is 42.6. The molecule has 14 nitrogen and oxygen atoms in total. The molecule has 2 N–H and O–H groups in total. The second-order valence-corrected chi connectivity index (χ2v) is 17.2. The van der Waals surface area contributed by atoms with Gasteiger partial charge in [0, 0.05) is 22.2 Å². The summed E-state index contributed by atoms with van der Waals surface area (Å²) in [7, 11) is -5.44. The molecule has 16 heteroatoms. The van der Waals surface area contributed by atoms with Gasteiger partial charge in [-0.15, -0.1) is 0 Å². The van der Waals surface area contributed by atoms with Crippen molar-refractivity contribution < 1.29 is 46.3 Å². The molecule has 2 aliphatic heterocycles. The molecule has 3 aromatic heterocycles. The van der Waals surface area contributed by atoms with Crippen LogP contribution in [0, 0.1) is 0 Å². The fourth-order valence-electron chi connectivity index (χ4n) is 7.15. The normalized spacial score (nSPS) is 12.5. The number of hydrogen-bond donors (Lipinski definition) is 2. The molecule has 0 unspecified atom stereocenters. The number of fused-ring (bicyclic) bond motifs is 8. The van der Waals surface area contributed by atoms with Crippen molar-refractivity contribution in [3.05, 3.63) is 107 Å². The van der Waals surface area contributed by atoms with Crippen LogP contribution in [0.25, 0.3) is 68.6 Å². The minimum absolute atomic E-state index is 0.0907. The summed E-state index contributed by atoms with van der Waals surface area (Å²) in [6.07, 6.45) is 7.09. The summed E-state index contributed by atoms with van der Waals surface area (Å²) >= 11 is 0. The molecule has 0 fully saturated rings. The summed E-state index contributed by atoms with van der Waals surface area (Å²) in [6, 6.07) is 20.9. The van der Waals surface area contributed by atoms with Crippen LogP contribution in [0.4, 0.5) is 0 Å². The van der Waals surface area contributed by atoms with Crippen LogP contribution >= 0.6 is 15.2 Å². The standard InChI is InChI=1S/C44H44N4O10P2/c1-7-55-59(51,56-8-2)41-35-23-19-31(45-35)39(27-11-15-29(16-12-27)43(49)53-5)33-21-25-37(47-33)42(60(52,57-9-3)58-10-4)38-26-22-34(48-38)40(32-20-24-36(41)46-32)28-13-17-30(18-14-28)44(50)54-6/h11-26,45,48H,7-10H2,1-6H3. The van der Waals surface area contributed by atoms with Gasteiger partial charge in [-0.05, 0) is 112 Å². The van der Waals surface area contributed by atoms with E-state index in [9.17, 15) is 18.7 Å². The molecule has 5 heterocycles. The van der Waals surface area contributed by atoms with Crippen molar-refractivity contribution in [1.29, 1.82) is 0 Å².